The van der Waals surface area contributed by atoms with Crippen LogP contribution in [0.4, 0.5) is 10.1 Å². The Balaban J connectivity index is 1.55. The number of thiophene rings is 1. The van der Waals surface area contributed by atoms with Crippen molar-refractivity contribution in [2.24, 2.45) is 0 Å². The van der Waals surface area contributed by atoms with Gasteiger partial charge in [-0.3, -0.25) is 4.72 Å². The zero-order valence-electron chi connectivity index (χ0n) is 13.0. The Bertz CT molecular complexity index is 1010. The standard InChI is InChI=1S/C16H14FN3O3S2/c17-12-3-1-2-10(8-12)9-25(21,22)20-13-6-7-24-14(13)16-18-15(19-23-16)11-4-5-11/h1-3,6-8,11,20H,4-5,9H2. The van der Waals surface area contributed by atoms with Crippen molar-refractivity contribution < 1.29 is 17.3 Å². The van der Waals surface area contributed by atoms with E-state index in [4.69, 9.17) is 4.52 Å². The van der Waals surface area contributed by atoms with Crippen LogP contribution in [0.25, 0.3) is 10.8 Å². The van der Waals surface area contributed by atoms with E-state index in [9.17, 15) is 12.8 Å². The lowest BCUT2D eigenvalue weighted by Crippen LogP contribution is -2.15. The van der Waals surface area contributed by atoms with Gasteiger partial charge in [-0.15, -0.1) is 11.3 Å². The fourth-order valence-electron chi connectivity index (χ4n) is 2.44. The summed E-state index contributed by atoms with van der Waals surface area (Å²) in [6, 6.07) is 7.16. The summed E-state index contributed by atoms with van der Waals surface area (Å²) >= 11 is 1.31. The largest absolute Gasteiger partial charge is 0.333 e. The number of nitrogens with zero attached hydrogens (tertiary/aromatic N) is 2. The normalized spacial score (nSPS) is 14.6. The van der Waals surface area contributed by atoms with Crippen LogP contribution >= 0.6 is 11.3 Å². The molecule has 0 spiro atoms. The number of aromatic nitrogens is 2. The Morgan fingerprint density at radius 2 is 2.16 bits per heavy atom. The summed E-state index contributed by atoms with van der Waals surface area (Å²) in [5.41, 5.74) is 0.755. The number of hydrogen-bond donors (Lipinski definition) is 1. The first-order chi connectivity index (χ1) is 12.0. The van der Waals surface area contributed by atoms with Crippen molar-refractivity contribution in [3.8, 4) is 10.8 Å². The summed E-state index contributed by atoms with van der Waals surface area (Å²) in [4.78, 5) is 4.92. The zero-order valence-corrected chi connectivity index (χ0v) is 14.6. The maximum atomic E-state index is 13.2. The average Bonchev–Trinajstić information content (AvgIpc) is 3.10. The van der Waals surface area contributed by atoms with E-state index < -0.39 is 15.8 Å². The molecule has 0 radical (unpaired) electrons. The van der Waals surface area contributed by atoms with Gasteiger partial charge in [-0.05, 0) is 42.0 Å². The Morgan fingerprint density at radius 1 is 1.32 bits per heavy atom. The Morgan fingerprint density at radius 3 is 2.92 bits per heavy atom. The molecule has 2 heterocycles. The zero-order chi connectivity index (χ0) is 17.4. The summed E-state index contributed by atoms with van der Waals surface area (Å²) in [6.07, 6.45) is 2.10. The average molecular weight is 379 g/mol. The van der Waals surface area contributed by atoms with Crippen molar-refractivity contribution in [1.29, 1.82) is 0 Å². The maximum Gasteiger partial charge on any atom is 0.270 e. The van der Waals surface area contributed by atoms with Gasteiger partial charge in [-0.1, -0.05) is 17.3 Å². The number of nitrogens with one attached hydrogen (secondary N) is 1. The lowest BCUT2D eigenvalue weighted by atomic mass is 10.2. The smallest absolute Gasteiger partial charge is 0.270 e. The molecule has 1 aliphatic carbocycles. The van der Waals surface area contributed by atoms with Crippen LogP contribution in [0.3, 0.4) is 0 Å². The minimum atomic E-state index is -3.70. The first kappa shape index (κ1) is 16.2. The molecular formula is C16H14FN3O3S2. The van der Waals surface area contributed by atoms with Gasteiger partial charge in [0.15, 0.2) is 5.82 Å². The molecule has 25 heavy (non-hydrogen) atoms. The molecule has 6 nitrogen and oxygen atoms in total. The summed E-state index contributed by atoms with van der Waals surface area (Å²) in [5, 5.41) is 5.70. The number of sulfonamides is 1. The van der Waals surface area contributed by atoms with Gasteiger partial charge in [0.25, 0.3) is 5.89 Å². The van der Waals surface area contributed by atoms with E-state index >= 15 is 0 Å². The van der Waals surface area contributed by atoms with Crippen molar-refractivity contribution in [3.05, 3.63) is 52.9 Å². The summed E-state index contributed by atoms with van der Waals surface area (Å²) < 4.78 is 45.8. The highest BCUT2D eigenvalue weighted by molar-refractivity contribution is 7.92. The van der Waals surface area contributed by atoms with Crippen molar-refractivity contribution in [1.82, 2.24) is 10.1 Å². The second-order valence-corrected chi connectivity index (χ2v) is 8.52. The summed E-state index contributed by atoms with van der Waals surface area (Å²) in [6.45, 7) is 0. The fourth-order valence-corrected chi connectivity index (χ4v) is 4.47. The van der Waals surface area contributed by atoms with Crippen molar-refractivity contribution in [2.45, 2.75) is 24.5 Å². The fraction of sp³-hybridized carbons (Fsp3) is 0.250. The highest BCUT2D eigenvalue weighted by Gasteiger charge is 2.29. The lowest BCUT2D eigenvalue weighted by molar-refractivity contribution is 0.423. The summed E-state index contributed by atoms with van der Waals surface area (Å²) in [7, 11) is -3.70. The molecule has 1 fully saturated rings. The SMILES string of the molecule is O=S(=O)(Cc1cccc(F)c1)Nc1ccsc1-c1nc(C2CC2)no1. The molecule has 0 aliphatic heterocycles. The molecule has 0 amide bonds. The number of benzene rings is 1. The lowest BCUT2D eigenvalue weighted by Gasteiger charge is -2.07. The number of hydrogen-bond acceptors (Lipinski definition) is 6. The van der Waals surface area contributed by atoms with E-state index in [1.165, 1.54) is 29.5 Å². The van der Waals surface area contributed by atoms with Gasteiger partial charge in [0.05, 0.1) is 11.4 Å². The molecular weight excluding hydrogens is 365 g/mol. The molecule has 0 atom stereocenters. The van der Waals surface area contributed by atoms with Crippen molar-refractivity contribution in [3.63, 3.8) is 0 Å². The van der Waals surface area contributed by atoms with Crippen LogP contribution in [0.15, 0.2) is 40.2 Å². The molecule has 4 rings (SSSR count). The molecule has 1 N–H and O–H groups in total. The monoisotopic (exact) mass is 379 g/mol. The maximum absolute atomic E-state index is 13.2. The van der Waals surface area contributed by atoms with E-state index in [1.807, 2.05) is 0 Å². The molecule has 2 aromatic heterocycles. The molecule has 1 aromatic carbocycles. The van der Waals surface area contributed by atoms with Crippen molar-refractivity contribution >= 4 is 27.0 Å². The van der Waals surface area contributed by atoms with Crippen LogP contribution in [-0.2, 0) is 15.8 Å². The molecule has 0 unspecified atom stereocenters. The highest BCUT2D eigenvalue weighted by Crippen LogP contribution is 2.40. The van der Waals surface area contributed by atoms with Gasteiger partial charge in [0, 0.05) is 5.92 Å². The molecule has 1 saturated carbocycles. The molecule has 130 valence electrons. The number of rotatable bonds is 6. The van der Waals surface area contributed by atoms with Gasteiger partial charge < -0.3 is 4.52 Å². The quantitative estimate of drug-likeness (QED) is 0.705. The molecule has 0 bridgehead atoms. The number of halogens is 1. The van der Waals surface area contributed by atoms with Crippen LogP contribution in [0.5, 0.6) is 0 Å². The minimum Gasteiger partial charge on any atom is -0.333 e. The second-order valence-electron chi connectivity index (χ2n) is 5.89. The van der Waals surface area contributed by atoms with Crippen LogP contribution in [0.2, 0.25) is 0 Å². The molecule has 1 aliphatic rings. The van der Waals surface area contributed by atoms with Gasteiger partial charge in [-0.25, -0.2) is 12.8 Å². The molecule has 0 saturated heterocycles. The van der Waals surface area contributed by atoms with Gasteiger partial charge >= 0.3 is 0 Å². The third kappa shape index (κ3) is 3.72. The Kier molecular flexibility index (Phi) is 4.04. The predicted molar refractivity (Wildman–Crippen MR) is 92.2 cm³/mol. The van der Waals surface area contributed by atoms with Crippen LogP contribution in [-0.4, -0.2) is 18.6 Å². The first-order valence-electron chi connectivity index (χ1n) is 7.66. The molecule has 9 heteroatoms. The topological polar surface area (TPSA) is 85.1 Å². The molecule has 3 aromatic rings. The number of anilines is 1. The van der Waals surface area contributed by atoms with Crippen molar-refractivity contribution in [2.75, 3.05) is 4.72 Å². The Hall–Kier alpha value is -2.26. The van der Waals surface area contributed by atoms with Crippen LogP contribution in [0.1, 0.15) is 30.1 Å². The second kappa shape index (κ2) is 6.23. The third-order valence-corrected chi connectivity index (χ3v) is 5.90. The van der Waals surface area contributed by atoms with E-state index in [0.29, 0.717) is 33.8 Å². The predicted octanol–water partition coefficient (Wildman–Crippen LogP) is 3.76. The first-order valence-corrected chi connectivity index (χ1v) is 10.2. The van der Waals surface area contributed by atoms with Gasteiger partial charge in [0.1, 0.15) is 10.7 Å². The van der Waals surface area contributed by atoms with Gasteiger partial charge in [0.2, 0.25) is 10.0 Å². The van der Waals surface area contributed by atoms with Crippen LogP contribution in [0, 0.1) is 5.82 Å². The Labute approximate surface area is 147 Å². The third-order valence-electron chi connectivity index (χ3n) is 3.75. The van der Waals surface area contributed by atoms with Crippen LogP contribution < -0.4 is 4.72 Å². The highest BCUT2D eigenvalue weighted by atomic mass is 32.2. The van der Waals surface area contributed by atoms with Gasteiger partial charge in [-0.2, -0.15) is 4.98 Å². The van der Waals surface area contributed by atoms with E-state index in [0.717, 1.165) is 12.8 Å². The summed E-state index contributed by atoms with van der Waals surface area (Å²) in [5.74, 6) is 0.530. The van der Waals surface area contributed by atoms with E-state index in [-0.39, 0.29) is 5.75 Å². The van der Waals surface area contributed by atoms with E-state index in [2.05, 4.69) is 14.9 Å². The van der Waals surface area contributed by atoms with E-state index in [1.54, 1.807) is 17.5 Å². The minimum absolute atomic E-state index is 0.306.